The van der Waals surface area contributed by atoms with Gasteiger partial charge in [0.2, 0.25) is 5.89 Å². The average molecular weight is 384 g/mol. The molecule has 0 spiro atoms. The van der Waals surface area contributed by atoms with Gasteiger partial charge in [-0.15, -0.1) is 11.8 Å². The summed E-state index contributed by atoms with van der Waals surface area (Å²) in [6.45, 7) is 3.51. The predicted octanol–water partition coefficient (Wildman–Crippen LogP) is 4.14. The van der Waals surface area contributed by atoms with Gasteiger partial charge in [0.15, 0.2) is 5.82 Å². The molecule has 0 bridgehead atoms. The fourth-order valence-corrected chi connectivity index (χ4v) is 3.25. The van der Waals surface area contributed by atoms with Crippen LogP contribution in [0.3, 0.4) is 0 Å². The van der Waals surface area contributed by atoms with Gasteiger partial charge in [0.1, 0.15) is 0 Å². The summed E-state index contributed by atoms with van der Waals surface area (Å²) in [5, 5.41) is 17.5. The molecule has 0 atom stereocenters. The first-order chi connectivity index (χ1) is 12.9. The molecule has 0 saturated carbocycles. The summed E-state index contributed by atoms with van der Waals surface area (Å²) in [6.07, 6.45) is 0. The molecule has 138 valence electrons. The number of carbonyl (C=O) groups excluding carboxylic acids is 1. The molecule has 0 saturated heterocycles. The van der Waals surface area contributed by atoms with Crippen molar-refractivity contribution >= 4 is 29.0 Å². The van der Waals surface area contributed by atoms with E-state index in [1.165, 1.54) is 23.9 Å². The number of thioether (sulfide) groups is 1. The van der Waals surface area contributed by atoms with Crippen LogP contribution in [0.15, 0.2) is 51.9 Å². The number of aromatic nitrogens is 2. The lowest BCUT2D eigenvalue weighted by molar-refractivity contribution is -0.384. The van der Waals surface area contributed by atoms with Crippen LogP contribution in [0.25, 0.3) is 0 Å². The van der Waals surface area contributed by atoms with Crippen molar-refractivity contribution in [1.29, 1.82) is 0 Å². The van der Waals surface area contributed by atoms with Crippen molar-refractivity contribution in [3.63, 3.8) is 0 Å². The highest BCUT2D eigenvalue weighted by Crippen LogP contribution is 2.28. The molecule has 0 aliphatic carbocycles. The van der Waals surface area contributed by atoms with E-state index in [-0.39, 0.29) is 11.6 Å². The summed E-state index contributed by atoms with van der Waals surface area (Å²) in [5.74, 6) is 1.12. The van der Waals surface area contributed by atoms with Crippen LogP contribution in [0.1, 0.15) is 27.6 Å². The van der Waals surface area contributed by atoms with E-state index in [0.29, 0.717) is 28.7 Å². The number of benzene rings is 2. The lowest BCUT2D eigenvalue weighted by Gasteiger charge is -2.11. The SMILES string of the molecule is Cc1noc(CSc2ccccc2C(=O)Nc2cc([N+](=O)[O-])ccc2C)n1. The Morgan fingerprint density at radius 2 is 2.04 bits per heavy atom. The summed E-state index contributed by atoms with van der Waals surface area (Å²) in [6, 6.07) is 11.5. The molecule has 9 heteroatoms. The first kappa shape index (κ1) is 18.6. The number of nitro groups is 1. The summed E-state index contributed by atoms with van der Waals surface area (Å²) in [4.78, 5) is 28.1. The number of hydrogen-bond acceptors (Lipinski definition) is 7. The first-order valence-electron chi connectivity index (χ1n) is 8.01. The monoisotopic (exact) mass is 384 g/mol. The minimum absolute atomic E-state index is 0.0784. The topological polar surface area (TPSA) is 111 Å². The number of anilines is 1. The Hall–Kier alpha value is -3.20. The lowest BCUT2D eigenvalue weighted by Crippen LogP contribution is -2.14. The molecule has 0 unspecified atom stereocenters. The van der Waals surface area contributed by atoms with Crippen molar-refractivity contribution in [1.82, 2.24) is 10.1 Å². The fraction of sp³-hybridized carbons (Fsp3) is 0.167. The minimum atomic E-state index is -0.495. The van der Waals surface area contributed by atoms with Gasteiger partial charge in [-0.25, -0.2) is 0 Å². The smallest absolute Gasteiger partial charge is 0.271 e. The second-order valence-electron chi connectivity index (χ2n) is 5.73. The van der Waals surface area contributed by atoms with Gasteiger partial charge in [0.25, 0.3) is 11.6 Å². The Balaban J connectivity index is 1.79. The van der Waals surface area contributed by atoms with E-state index in [2.05, 4.69) is 15.5 Å². The quantitative estimate of drug-likeness (QED) is 0.386. The molecule has 1 N–H and O–H groups in total. The molecule has 0 fully saturated rings. The Morgan fingerprint density at radius 1 is 1.26 bits per heavy atom. The zero-order chi connectivity index (χ0) is 19.4. The van der Waals surface area contributed by atoms with Crippen LogP contribution in [-0.4, -0.2) is 21.0 Å². The van der Waals surface area contributed by atoms with Crippen molar-refractivity contribution in [3.05, 3.63) is 75.4 Å². The number of amides is 1. The van der Waals surface area contributed by atoms with Crippen LogP contribution in [0.4, 0.5) is 11.4 Å². The Kier molecular flexibility index (Phi) is 5.51. The molecule has 2 aromatic carbocycles. The Labute approximate surface area is 159 Å². The fourth-order valence-electron chi connectivity index (χ4n) is 2.37. The lowest BCUT2D eigenvalue weighted by atomic mass is 10.1. The van der Waals surface area contributed by atoms with Crippen molar-refractivity contribution < 1.29 is 14.2 Å². The number of nitrogens with zero attached hydrogens (tertiary/aromatic N) is 3. The summed E-state index contributed by atoms with van der Waals surface area (Å²) >= 11 is 1.40. The van der Waals surface area contributed by atoms with Gasteiger partial charge in [0, 0.05) is 17.0 Å². The van der Waals surface area contributed by atoms with E-state index in [1.807, 2.05) is 12.1 Å². The first-order valence-corrected chi connectivity index (χ1v) is 9.00. The maximum Gasteiger partial charge on any atom is 0.271 e. The normalized spacial score (nSPS) is 10.6. The van der Waals surface area contributed by atoms with Crippen molar-refractivity contribution in [2.45, 2.75) is 24.5 Å². The number of nitrogens with one attached hydrogen (secondary N) is 1. The predicted molar refractivity (Wildman–Crippen MR) is 101 cm³/mol. The van der Waals surface area contributed by atoms with Crippen molar-refractivity contribution in [2.24, 2.45) is 0 Å². The van der Waals surface area contributed by atoms with Crippen molar-refractivity contribution in [2.75, 3.05) is 5.32 Å². The highest BCUT2D eigenvalue weighted by Gasteiger charge is 2.16. The van der Waals surface area contributed by atoms with Crippen LogP contribution in [0, 0.1) is 24.0 Å². The summed E-state index contributed by atoms with van der Waals surface area (Å²) in [7, 11) is 0. The molecule has 0 aliphatic rings. The number of non-ortho nitro benzene ring substituents is 1. The third kappa shape index (κ3) is 4.50. The highest BCUT2D eigenvalue weighted by atomic mass is 32.2. The van der Waals surface area contributed by atoms with Gasteiger partial charge < -0.3 is 9.84 Å². The second kappa shape index (κ2) is 8.00. The highest BCUT2D eigenvalue weighted by molar-refractivity contribution is 7.98. The van der Waals surface area contributed by atoms with Gasteiger partial charge in [-0.1, -0.05) is 23.4 Å². The molecular formula is C18H16N4O4S. The van der Waals surface area contributed by atoms with E-state index in [0.717, 1.165) is 10.5 Å². The number of carbonyl (C=O) groups is 1. The van der Waals surface area contributed by atoms with Crippen LogP contribution >= 0.6 is 11.8 Å². The second-order valence-corrected chi connectivity index (χ2v) is 6.75. The molecular weight excluding hydrogens is 368 g/mol. The van der Waals surface area contributed by atoms with E-state index in [1.54, 1.807) is 32.0 Å². The number of aryl methyl sites for hydroxylation is 2. The van der Waals surface area contributed by atoms with E-state index >= 15 is 0 Å². The van der Waals surface area contributed by atoms with Crippen LogP contribution in [0.2, 0.25) is 0 Å². The van der Waals surface area contributed by atoms with E-state index < -0.39 is 4.92 Å². The molecule has 0 radical (unpaired) electrons. The minimum Gasteiger partial charge on any atom is -0.338 e. The number of hydrogen-bond donors (Lipinski definition) is 1. The molecule has 0 aliphatic heterocycles. The Bertz CT molecular complexity index is 1000. The van der Waals surface area contributed by atoms with E-state index in [4.69, 9.17) is 4.52 Å². The standard InChI is InChI=1S/C18H16N4O4S/c1-11-7-8-13(22(24)25)9-15(11)20-18(23)14-5-3-4-6-16(14)27-10-17-19-12(2)21-26-17/h3-9H,10H2,1-2H3,(H,20,23). The average Bonchev–Trinajstić information content (AvgIpc) is 3.07. The van der Waals surface area contributed by atoms with Gasteiger partial charge in [-0.3, -0.25) is 14.9 Å². The van der Waals surface area contributed by atoms with Gasteiger partial charge in [0.05, 0.1) is 21.9 Å². The molecule has 3 aromatic rings. The third-order valence-corrected chi connectivity index (χ3v) is 4.79. The molecule has 8 nitrogen and oxygen atoms in total. The third-order valence-electron chi connectivity index (χ3n) is 3.73. The molecule has 3 rings (SSSR count). The zero-order valence-corrected chi connectivity index (χ0v) is 15.4. The summed E-state index contributed by atoms with van der Waals surface area (Å²) in [5.41, 5.74) is 1.52. The van der Waals surface area contributed by atoms with Crippen LogP contribution in [0.5, 0.6) is 0 Å². The molecule has 1 aromatic heterocycles. The van der Waals surface area contributed by atoms with Gasteiger partial charge in [-0.2, -0.15) is 4.98 Å². The van der Waals surface area contributed by atoms with E-state index in [9.17, 15) is 14.9 Å². The summed E-state index contributed by atoms with van der Waals surface area (Å²) < 4.78 is 5.09. The van der Waals surface area contributed by atoms with Gasteiger partial charge >= 0.3 is 0 Å². The van der Waals surface area contributed by atoms with Crippen molar-refractivity contribution in [3.8, 4) is 0 Å². The Morgan fingerprint density at radius 3 is 2.74 bits per heavy atom. The number of nitro benzene ring substituents is 1. The van der Waals surface area contributed by atoms with Crippen LogP contribution in [-0.2, 0) is 5.75 Å². The van der Waals surface area contributed by atoms with Crippen LogP contribution < -0.4 is 5.32 Å². The zero-order valence-electron chi connectivity index (χ0n) is 14.6. The molecule has 1 amide bonds. The largest absolute Gasteiger partial charge is 0.338 e. The molecule has 27 heavy (non-hydrogen) atoms. The molecule has 1 heterocycles. The maximum absolute atomic E-state index is 12.7. The number of rotatable bonds is 6. The van der Waals surface area contributed by atoms with Gasteiger partial charge in [-0.05, 0) is 31.5 Å². The maximum atomic E-state index is 12.7.